The predicted molar refractivity (Wildman–Crippen MR) is 115 cm³/mol. The summed E-state index contributed by atoms with van der Waals surface area (Å²) in [6, 6.07) is 0.735. The van der Waals surface area contributed by atoms with E-state index in [1.54, 1.807) is 0 Å². The lowest BCUT2D eigenvalue weighted by atomic mass is 9.68. The first-order chi connectivity index (χ1) is 14.7. The molecule has 1 spiro atoms. The molecule has 2 aliphatic heterocycles. The number of amides is 3. The lowest BCUT2D eigenvalue weighted by Crippen LogP contribution is -2.78. The van der Waals surface area contributed by atoms with Crippen LogP contribution in [0.15, 0.2) is 0 Å². The highest BCUT2D eigenvalue weighted by Crippen LogP contribution is 2.48. The molecule has 5 aliphatic rings. The second kappa shape index (κ2) is 8.68. The van der Waals surface area contributed by atoms with Crippen LogP contribution in [0, 0.1) is 5.92 Å². The molecule has 1 atom stereocenters. The molecule has 3 saturated carbocycles. The first-order valence-corrected chi connectivity index (χ1v) is 12.7. The van der Waals surface area contributed by atoms with Crippen LogP contribution < -0.4 is 5.32 Å². The lowest BCUT2D eigenvalue weighted by molar-refractivity contribution is -0.211. The van der Waals surface area contributed by atoms with Crippen molar-refractivity contribution in [3.05, 3.63) is 0 Å². The number of rotatable bonds is 5. The van der Waals surface area contributed by atoms with Crippen molar-refractivity contribution in [2.75, 3.05) is 19.7 Å². The Morgan fingerprint density at radius 1 is 0.933 bits per heavy atom. The predicted octanol–water partition coefficient (Wildman–Crippen LogP) is 3.83. The molecular formula is C24H39N3O3. The van der Waals surface area contributed by atoms with Gasteiger partial charge in [0, 0.05) is 25.2 Å². The van der Waals surface area contributed by atoms with Gasteiger partial charge in [-0.2, -0.15) is 0 Å². The summed E-state index contributed by atoms with van der Waals surface area (Å²) < 4.78 is 6.21. The van der Waals surface area contributed by atoms with Gasteiger partial charge in [-0.1, -0.05) is 38.5 Å². The maximum atomic E-state index is 13.2. The van der Waals surface area contributed by atoms with Crippen LogP contribution in [0.25, 0.3) is 0 Å². The lowest BCUT2D eigenvalue weighted by Gasteiger charge is -2.62. The number of hydrogen-bond donors (Lipinski definition) is 1. The van der Waals surface area contributed by atoms with E-state index < -0.39 is 0 Å². The third kappa shape index (κ3) is 3.96. The number of nitrogens with one attached hydrogen (secondary N) is 1. The van der Waals surface area contributed by atoms with E-state index in [9.17, 15) is 9.59 Å². The number of nitrogens with zero attached hydrogens (tertiary/aromatic N) is 2. The van der Waals surface area contributed by atoms with E-state index in [-0.39, 0.29) is 29.6 Å². The summed E-state index contributed by atoms with van der Waals surface area (Å²) in [6.07, 6.45) is 16.0. The van der Waals surface area contributed by atoms with Crippen molar-refractivity contribution in [2.45, 2.75) is 114 Å². The van der Waals surface area contributed by atoms with Crippen molar-refractivity contribution in [1.29, 1.82) is 0 Å². The van der Waals surface area contributed by atoms with Gasteiger partial charge in [0.15, 0.2) is 6.10 Å². The number of urea groups is 1. The Balaban J connectivity index is 1.17. The Labute approximate surface area is 181 Å². The zero-order valence-electron chi connectivity index (χ0n) is 18.4. The Kier molecular flexibility index (Phi) is 5.96. The van der Waals surface area contributed by atoms with Crippen LogP contribution in [0.5, 0.6) is 0 Å². The van der Waals surface area contributed by atoms with E-state index in [2.05, 4.69) is 10.2 Å². The van der Waals surface area contributed by atoms with E-state index in [1.807, 2.05) is 4.90 Å². The summed E-state index contributed by atoms with van der Waals surface area (Å²) >= 11 is 0. The number of likely N-dealkylation sites (tertiary alicyclic amines) is 2. The number of β-lactam (4-membered cyclic amide) rings is 1. The van der Waals surface area contributed by atoms with Gasteiger partial charge in [-0.25, -0.2) is 4.79 Å². The summed E-state index contributed by atoms with van der Waals surface area (Å²) in [5, 5.41) is 3.25. The Morgan fingerprint density at radius 2 is 1.60 bits per heavy atom. The first kappa shape index (κ1) is 20.6. The molecule has 168 valence electrons. The van der Waals surface area contributed by atoms with Gasteiger partial charge in [0.2, 0.25) is 0 Å². The zero-order chi connectivity index (χ0) is 20.6. The van der Waals surface area contributed by atoms with Gasteiger partial charge in [-0.3, -0.25) is 4.79 Å². The van der Waals surface area contributed by atoms with Gasteiger partial charge >= 0.3 is 6.03 Å². The van der Waals surface area contributed by atoms with Crippen molar-refractivity contribution in [3.8, 4) is 0 Å². The average molecular weight is 418 g/mol. The maximum absolute atomic E-state index is 13.2. The highest BCUT2D eigenvalue weighted by Gasteiger charge is 2.62. The fourth-order valence-electron chi connectivity index (χ4n) is 6.43. The Bertz CT molecular complexity index is 630. The average Bonchev–Trinajstić information content (AvgIpc) is 3.60. The monoisotopic (exact) mass is 417 g/mol. The molecule has 1 unspecified atom stereocenters. The van der Waals surface area contributed by atoms with E-state index >= 15 is 0 Å². The summed E-state index contributed by atoms with van der Waals surface area (Å²) in [6.45, 7) is 2.29. The standard InChI is InChI=1S/C24H39N3O3/c28-22-21(30-17-18-9-10-18)24(13-5-2-6-14-24)27(22)20-11-15-26(16-12-20)23(29)25-19-7-3-1-4-8-19/h18-21H,1-17H2,(H,25,29). The molecule has 2 heterocycles. The highest BCUT2D eigenvalue weighted by molar-refractivity contribution is 5.91. The smallest absolute Gasteiger partial charge is 0.317 e. The Hall–Kier alpha value is -1.30. The first-order valence-electron chi connectivity index (χ1n) is 12.7. The normalized spacial score (nSPS) is 30.4. The summed E-state index contributed by atoms with van der Waals surface area (Å²) in [5.41, 5.74) is -0.0542. The fraction of sp³-hybridized carbons (Fsp3) is 0.917. The molecule has 3 amide bonds. The molecular weight excluding hydrogens is 378 g/mol. The van der Waals surface area contributed by atoms with E-state index in [0.29, 0.717) is 12.0 Å². The quantitative estimate of drug-likeness (QED) is 0.692. The summed E-state index contributed by atoms with van der Waals surface area (Å²) in [4.78, 5) is 30.1. The fourth-order valence-corrected chi connectivity index (χ4v) is 6.43. The van der Waals surface area contributed by atoms with Gasteiger partial charge in [-0.15, -0.1) is 0 Å². The SMILES string of the molecule is O=C(NC1CCCCC1)N1CCC(N2C(=O)C(OCC3CC3)C23CCCCC3)CC1. The molecule has 2 saturated heterocycles. The van der Waals surface area contributed by atoms with Crippen LogP contribution in [0.4, 0.5) is 4.79 Å². The van der Waals surface area contributed by atoms with E-state index in [1.165, 1.54) is 51.4 Å². The zero-order valence-corrected chi connectivity index (χ0v) is 18.4. The molecule has 1 N–H and O–H groups in total. The van der Waals surface area contributed by atoms with Gasteiger partial charge in [-0.05, 0) is 57.3 Å². The molecule has 6 nitrogen and oxygen atoms in total. The molecule has 5 rings (SSSR count). The third-order valence-corrected chi connectivity index (χ3v) is 8.39. The van der Waals surface area contributed by atoms with Crippen LogP contribution in [-0.4, -0.2) is 65.2 Å². The molecule has 6 heteroatoms. The van der Waals surface area contributed by atoms with Gasteiger partial charge in [0.25, 0.3) is 5.91 Å². The van der Waals surface area contributed by atoms with Crippen molar-refractivity contribution >= 4 is 11.9 Å². The molecule has 0 radical (unpaired) electrons. The number of ether oxygens (including phenoxy) is 1. The van der Waals surface area contributed by atoms with Crippen molar-refractivity contribution in [2.24, 2.45) is 5.92 Å². The van der Waals surface area contributed by atoms with Gasteiger partial charge in [0.05, 0.1) is 12.1 Å². The largest absolute Gasteiger partial charge is 0.366 e. The van der Waals surface area contributed by atoms with E-state index in [0.717, 1.165) is 58.2 Å². The minimum atomic E-state index is -0.203. The van der Waals surface area contributed by atoms with E-state index in [4.69, 9.17) is 4.74 Å². The van der Waals surface area contributed by atoms with Crippen LogP contribution in [0.3, 0.4) is 0 Å². The Morgan fingerprint density at radius 3 is 2.27 bits per heavy atom. The minimum Gasteiger partial charge on any atom is -0.366 e. The van der Waals surface area contributed by atoms with Crippen LogP contribution in [-0.2, 0) is 9.53 Å². The molecule has 3 aliphatic carbocycles. The molecule has 0 aromatic rings. The van der Waals surface area contributed by atoms with Gasteiger partial charge < -0.3 is 19.9 Å². The van der Waals surface area contributed by atoms with Crippen molar-refractivity contribution in [3.63, 3.8) is 0 Å². The number of carbonyl (C=O) groups is 2. The summed E-state index contributed by atoms with van der Waals surface area (Å²) in [5.74, 6) is 0.918. The second-order valence-electron chi connectivity index (χ2n) is 10.5. The molecule has 0 aromatic carbocycles. The second-order valence-corrected chi connectivity index (χ2v) is 10.5. The molecule has 5 fully saturated rings. The number of carbonyl (C=O) groups excluding carboxylic acids is 2. The highest BCUT2D eigenvalue weighted by atomic mass is 16.5. The van der Waals surface area contributed by atoms with Crippen LogP contribution in [0.1, 0.15) is 89.9 Å². The third-order valence-electron chi connectivity index (χ3n) is 8.39. The minimum absolute atomic E-state index is 0.0542. The molecule has 30 heavy (non-hydrogen) atoms. The van der Waals surface area contributed by atoms with Crippen molar-refractivity contribution < 1.29 is 14.3 Å². The number of hydrogen-bond acceptors (Lipinski definition) is 3. The summed E-state index contributed by atoms with van der Waals surface area (Å²) in [7, 11) is 0. The van der Waals surface area contributed by atoms with Crippen LogP contribution in [0.2, 0.25) is 0 Å². The molecule has 0 bridgehead atoms. The van der Waals surface area contributed by atoms with Crippen LogP contribution >= 0.6 is 0 Å². The van der Waals surface area contributed by atoms with Crippen molar-refractivity contribution in [1.82, 2.24) is 15.1 Å². The maximum Gasteiger partial charge on any atom is 0.317 e. The van der Waals surface area contributed by atoms with Gasteiger partial charge in [0.1, 0.15) is 0 Å². The molecule has 0 aromatic heterocycles. The topological polar surface area (TPSA) is 61.9 Å². The number of piperidine rings is 1.